The molecule has 3 aromatic rings. The van der Waals surface area contributed by atoms with E-state index >= 15 is 0 Å². The number of hydrogen-bond donors (Lipinski definition) is 1. The highest BCUT2D eigenvalue weighted by Gasteiger charge is 2.28. The van der Waals surface area contributed by atoms with Crippen LogP contribution in [0.25, 0.3) is 11.4 Å². The monoisotopic (exact) mass is 373 g/mol. The molecule has 0 saturated carbocycles. The Bertz CT molecular complexity index is 1030. The molecule has 1 saturated heterocycles. The summed E-state index contributed by atoms with van der Waals surface area (Å²) in [7, 11) is 0. The van der Waals surface area contributed by atoms with Gasteiger partial charge in [0.05, 0.1) is 11.1 Å². The van der Waals surface area contributed by atoms with Crippen molar-refractivity contribution in [3.63, 3.8) is 0 Å². The standard InChI is InChI=1S/C23H23N3O2/c1-15-10-12-26(13-11-15)22-18-14-16-6-2-5-9-20(16)28-23(18)25-21(24-22)17-7-3-4-8-19(17)27/h2-9,15,27H,10-14H2,1H3. The molecule has 2 aromatic carbocycles. The van der Waals surface area contributed by atoms with Gasteiger partial charge in [-0.05, 0) is 42.5 Å². The molecule has 0 atom stereocenters. The summed E-state index contributed by atoms with van der Waals surface area (Å²) in [6, 6.07) is 15.3. The van der Waals surface area contributed by atoms with Gasteiger partial charge < -0.3 is 14.7 Å². The first-order valence-electron chi connectivity index (χ1n) is 9.89. The second-order valence-electron chi connectivity index (χ2n) is 7.73. The highest BCUT2D eigenvalue weighted by atomic mass is 16.5. The van der Waals surface area contributed by atoms with Crippen molar-refractivity contribution in [2.45, 2.75) is 26.2 Å². The van der Waals surface area contributed by atoms with E-state index in [9.17, 15) is 5.11 Å². The molecular formula is C23H23N3O2. The minimum atomic E-state index is 0.178. The first kappa shape index (κ1) is 17.0. The molecule has 28 heavy (non-hydrogen) atoms. The Morgan fingerprint density at radius 3 is 2.57 bits per heavy atom. The third-order valence-electron chi connectivity index (χ3n) is 5.72. The molecular weight excluding hydrogens is 350 g/mol. The highest BCUT2D eigenvalue weighted by molar-refractivity contribution is 5.68. The van der Waals surface area contributed by atoms with Crippen LogP contribution in [0.5, 0.6) is 17.4 Å². The van der Waals surface area contributed by atoms with E-state index in [-0.39, 0.29) is 5.75 Å². The van der Waals surface area contributed by atoms with E-state index in [1.54, 1.807) is 12.1 Å². The molecule has 0 amide bonds. The van der Waals surface area contributed by atoms with Gasteiger partial charge in [-0.1, -0.05) is 37.3 Å². The number of benzene rings is 2. The fourth-order valence-electron chi connectivity index (χ4n) is 4.00. The number of aromatic nitrogens is 2. The molecule has 2 aliphatic rings. The molecule has 5 rings (SSSR count). The fraction of sp³-hybridized carbons (Fsp3) is 0.304. The van der Waals surface area contributed by atoms with Gasteiger partial charge in [0.15, 0.2) is 5.82 Å². The minimum absolute atomic E-state index is 0.178. The van der Waals surface area contributed by atoms with Crippen LogP contribution in [-0.4, -0.2) is 28.2 Å². The summed E-state index contributed by atoms with van der Waals surface area (Å²) in [6.07, 6.45) is 3.07. The zero-order chi connectivity index (χ0) is 19.1. The van der Waals surface area contributed by atoms with E-state index in [1.165, 1.54) is 0 Å². The van der Waals surface area contributed by atoms with Crippen molar-refractivity contribution in [1.82, 2.24) is 9.97 Å². The topological polar surface area (TPSA) is 58.5 Å². The maximum absolute atomic E-state index is 10.3. The second kappa shape index (κ2) is 6.82. The van der Waals surface area contributed by atoms with Gasteiger partial charge in [-0.3, -0.25) is 0 Å². The summed E-state index contributed by atoms with van der Waals surface area (Å²) in [4.78, 5) is 12.0. The minimum Gasteiger partial charge on any atom is -0.507 e. The Morgan fingerprint density at radius 1 is 1.00 bits per heavy atom. The number of ether oxygens (including phenoxy) is 1. The molecule has 0 aliphatic carbocycles. The molecule has 1 aromatic heterocycles. The Morgan fingerprint density at radius 2 is 1.75 bits per heavy atom. The lowest BCUT2D eigenvalue weighted by molar-refractivity contribution is 0.425. The van der Waals surface area contributed by atoms with Crippen LogP contribution in [0.3, 0.4) is 0 Å². The lowest BCUT2D eigenvalue weighted by atomic mass is 9.97. The number of para-hydroxylation sites is 2. The third-order valence-corrected chi connectivity index (χ3v) is 5.72. The number of rotatable bonds is 2. The van der Waals surface area contributed by atoms with Crippen molar-refractivity contribution < 1.29 is 9.84 Å². The smallest absolute Gasteiger partial charge is 0.228 e. The van der Waals surface area contributed by atoms with Crippen molar-refractivity contribution in [1.29, 1.82) is 0 Å². The summed E-state index contributed by atoms with van der Waals surface area (Å²) in [5, 5.41) is 10.3. The second-order valence-corrected chi connectivity index (χ2v) is 7.73. The number of fused-ring (bicyclic) bond motifs is 2. The summed E-state index contributed by atoms with van der Waals surface area (Å²) in [6.45, 7) is 4.26. The van der Waals surface area contributed by atoms with Gasteiger partial charge in [0.25, 0.3) is 0 Å². The van der Waals surface area contributed by atoms with E-state index in [0.29, 0.717) is 17.3 Å². The summed E-state index contributed by atoms with van der Waals surface area (Å²) < 4.78 is 6.17. The Hall–Kier alpha value is -3.08. The maximum Gasteiger partial charge on any atom is 0.228 e. The van der Waals surface area contributed by atoms with E-state index in [1.807, 2.05) is 30.3 Å². The van der Waals surface area contributed by atoms with Crippen LogP contribution < -0.4 is 9.64 Å². The van der Waals surface area contributed by atoms with Gasteiger partial charge in [-0.2, -0.15) is 4.98 Å². The molecule has 5 nitrogen and oxygen atoms in total. The zero-order valence-electron chi connectivity index (χ0n) is 15.9. The van der Waals surface area contributed by atoms with Gasteiger partial charge in [-0.15, -0.1) is 0 Å². The van der Waals surface area contributed by atoms with Crippen LogP contribution in [0.1, 0.15) is 30.9 Å². The van der Waals surface area contributed by atoms with E-state index < -0.39 is 0 Å². The van der Waals surface area contributed by atoms with Crippen LogP contribution in [0, 0.1) is 5.92 Å². The Balaban J connectivity index is 1.64. The molecule has 142 valence electrons. The van der Waals surface area contributed by atoms with Crippen LogP contribution in [0.2, 0.25) is 0 Å². The largest absolute Gasteiger partial charge is 0.507 e. The number of aromatic hydroxyl groups is 1. The van der Waals surface area contributed by atoms with Gasteiger partial charge in [-0.25, -0.2) is 4.98 Å². The average molecular weight is 373 g/mol. The molecule has 1 fully saturated rings. The molecule has 2 aliphatic heterocycles. The molecule has 0 radical (unpaired) electrons. The molecule has 0 bridgehead atoms. The van der Waals surface area contributed by atoms with E-state index in [0.717, 1.165) is 61.0 Å². The fourth-order valence-corrected chi connectivity index (χ4v) is 4.00. The average Bonchev–Trinajstić information content (AvgIpc) is 2.72. The van der Waals surface area contributed by atoms with Gasteiger partial charge in [0.2, 0.25) is 5.88 Å². The molecule has 0 unspecified atom stereocenters. The van der Waals surface area contributed by atoms with Crippen LogP contribution in [0.4, 0.5) is 5.82 Å². The van der Waals surface area contributed by atoms with Crippen molar-refractivity contribution in [3.05, 3.63) is 59.7 Å². The molecule has 5 heteroatoms. The first-order chi connectivity index (χ1) is 13.7. The predicted molar refractivity (Wildman–Crippen MR) is 109 cm³/mol. The van der Waals surface area contributed by atoms with Gasteiger partial charge in [0.1, 0.15) is 17.3 Å². The number of phenols is 1. The highest BCUT2D eigenvalue weighted by Crippen LogP contribution is 2.41. The van der Waals surface area contributed by atoms with Gasteiger partial charge in [0, 0.05) is 19.5 Å². The number of anilines is 1. The van der Waals surface area contributed by atoms with Crippen LogP contribution >= 0.6 is 0 Å². The lowest BCUT2D eigenvalue weighted by Gasteiger charge is -2.34. The maximum atomic E-state index is 10.3. The normalized spacial score (nSPS) is 16.2. The van der Waals surface area contributed by atoms with Crippen molar-refractivity contribution in [3.8, 4) is 28.8 Å². The van der Waals surface area contributed by atoms with Crippen LogP contribution in [-0.2, 0) is 6.42 Å². The quantitative estimate of drug-likeness (QED) is 0.548. The van der Waals surface area contributed by atoms with Crippen molar-refractivity contribution in [2.24, 2.45) is 5.92 Å². The number of hydrogen-bond acceptors (Lipinski definition) is 5. The van der Waals surface area contributed by atoms with Crippen molar-refractivity contribution in [2.75, 3.05) is 18.0 Å². The number of phenolic OH excluding ortho intramolecular Hbond substituents is 1. The SMILES string of the molecule is CC1CCN(c2nc(-c3ccccc3O)nc3c2Cc2ccccc2O3)CC1. The lowest BCUT2D eigenvalue weighted by Crippen LogP contribution is -2.34. The van der Waals surface area contributed by atoms with E-state index in [4.69, 9.17) is 14.7 Å². The summed E-state index contributed by atoms with van der Waals surface area (Å²) >= 11 is 0. The number of piperidine rings is 1. The first-order valence-corrected chi connectivity index (χ1v) is 9.89. The molecule has 1 N–H and O–H groups in total. The summed E-state index contributed by atoms with van der Waals surface area (Å²) in [5.74, 6) is 3.80. The number of nitrogens with zero attached hydrogens (tertiary/aromatic N) is 3. The zero-order valence-corrected chi connectivity index (χ0v) is 15.9. The Kier molecular flexibility index (Phi) is 4.15. The predicted octanol–water partition coefficient (Wildman–Crippen LogP) is 4.78. The summed E-state index contributed by atoms with van der Waals surface area (Å²) in [5.41, 5.74) is 2.81. The van der Waals surface area contributed by atoms with Crippen molar-refractivity contribution >= 4 is 5.82 Å². The van der Waals surface area contributed by atoms with E-state index in [2.05, 4.69) is 17.9 Å². The molecule has 3 heterocycles. The Labute approximate surface area is 164 Å². The van der Waals surface area contributed by atoms with Crippen LogP contribution in [0.15, 0.2) is 48.5 Å². The van der Waals surface area contributed by atoms with Gasteiger partial charge >= 0.3 is 0 Å². The third kappa shape index (κ3) is 2.97. The molecule has 0 spiro atoms.